The molecule has 1 fully saturated rings. The van der Waals surface area contributed by atoms with E-state index in [2.05, 4.69) is 42.4 Å². The fourth-order valence-electron chi connectivity index (χ4n) is 2.65. The molecule has 2 N–H and O–H groups in total. The highest BCUT2D eigenvalue weighted by molar-refractivity contribution is 5.16. The minimum absolute atomic E-state index is 0.111. The number of ether oxygens (including phenoxy) is 1. The number of aromatic nitrogens is 2. The molecule has 1 aromatic heterocycles. The monoisotopic (exact) mass is 265 g/mol. The Kier molecular flexibility index (Phi) is 4.31. The summed E-state index contributed by atoms with van der Waals surface area (Å²) in [6.45, 7) is 9.31. The van der Waals surface area contributed by atoms with Crippen molar-refractivity contribution in [2.24, 2.45) is 5.41 Å². The van der Waals surface area contributed by atoms with Crippen molar-refractivity contribution >= 4 is 0 Å². The molecule has 108 valence electrons. The first-order valence-corrected chi connectivity index (χ1v) is 7.20. The third-order valence-electron chi connectivity index (χ3n) is 4.08. The van der Waals surface area contributed by atoms with Crippen LogP contribution < -0.4 is 5.32 Å². The fraction of sp³-hybridized carbons (Fsp3) is 0.800. The highest BCUT2D eigenvalue weighted by atomic mass is 16.5. The molecular formula is C15H27N3O. The van der Waals surface area contributed by atoms with Gasteiger partial charge in [-0.25, -0.2) is 0 Å². The van der Waals surface area contributed by atoms with Crippen LogP contribution in [0, 0.1) is 5.41 Å². The topological polar surface area (TPSA) is 49.9 Å². The lowest BCUT2D eigenvalue weighted by Gasteiger charge is -2.41. The summed E-state index contributed by atoms with van der Waals surface area (Å²) >= 11 is 0. The maximum absolute atomic E-state index is 5.34. The second kappa shape index (κ2) is 5.63. The number of hydrogen-bond acceptors (Lipinski definition) is 3. The van der Waals surface area contributed by atoms with Crippen LogP contribution >= 0.6 is 0 Å². The molecule has 1 aliphatic carbocycles. The van der Waals surface area contributed by atoms with Gasteiger partial charge in [-0.2, -0.15) is 5.10 Å². The lowest BCUT2D eigenvalue weighted by molar-refractivity contribution is 0.0177. The Hall–Kier alpha value is -0.870. The Morgan fingerprint density at radius 1 is 1.42 bits per heavy atom. The number of rotatable bonds is 6. The zero-order chi connectivity index (χ0) is 13.9. The zero-order valence-corrected chi connectivity index (χ0v) is 12.7. The predicted molar refractivity (Wildman–Crippen MR) is 77.2 cm³/mol. The first-order valence-electron chi connectivity index (χ1n) is 7.20. The van der Waals surface area contributed by atoms with Gasteiger partial charge < -0.3 is 10.1 Å². The quantitative estimate of drug-likeness (QED) is 0.831. The molecule has 2 rings (SSSR count). The van der Waals surface area contributed by atoms with E-state index in [-0.39, 0.29) is 5.41 Å². The van der Waals surface area contributed by atoms with Gasteiger partial charge in [-0.05, 0) is 18.9 Å². The summed E-state index contributed by atoms with van der Waals surface area (Å²) < 4.78 is 5.34. The van der Waals surface area contributed by atoms with Gasteiger partial charge in [0, 0.05) is 36.7 Å². The number of aromatic amines is 1. The third-order valence-corrected chi connectivity index (χ3v) is 4.08. The average Bonchev–Trinajstić information content (AvgIpc) is 2.74. The maximum Gasteiger partial charge on any atom is 0.0678 e. The lowest BCUT2D eigenvalue weighted by Crippen LogP contribution is -2.43. The van der Waals surface area contributed by atoms with E-state index >= 15 is 0 Å². The molecule has 4 nitrogen and oxygen atoms in total. The van der Waals surface area contributed by atoms with Gasteiger partial charge in [0.2, 0.25) is 0 Å². The smallest absolute Gasteiger partial charge is 0.0678 e. The predicted octanol–water partition coefficient (Wildman–Crippen LogP) is 2.61. The van der Waals surface area contributed by atoms with Gasteiger partial charge >= 0.3 is 0 Å². The van der Waals surface area contributed by atoms with Crippen molar-refractivity contribution in [1.29, 1.82) is 0 Å². The van der Waals surface area contributed by atoms with Crippen LogP contribution in [0.3, 0.4) is 0 Å². The van der Waals surface area contributed by atoms with Crippen LogP contribution in [0.5, 0.6) is 0 Å². The number of methoxy groups -OCH3 is 1. The zero-order valence-electron chi connectivity index (χ0n) is 12.7. The first kappa shape index (κ1) is 14.5. The minimum atomic E-state index is 0.111. The Morgan fingerprint density at radius 2 is 2.16 bits per heavy atom. The van der Waals surface area contributed by atoms with Crippen molar-refractivity contribution in [3.8, 4) is 0 Å². The van der Waals surface area contributed by atoms with Crippen LogP contribution in [0.4, 0.5) is 0 Å². The summed E-state index contributed by atoms with van der Waals surface area (Å²) in [5, 5.41) is 11.0. The van der Waals surface area contributed by atoms with E-state index in [9.17, 15) is 0 Å². The molecule has 0 atom stereocenters. The second-order valence-electron chi connectivity index (χ2n) is 6.92. The first-order chi connectivity index (χ1) is 8.95. The van der Waals surface area contributed by atoms with Crippen molar-refractivity contribution in [2.45, 2.75) is 52.0 Å². The van der Waals surface area contributed by atoms with Crippen LogP contribution in [-0.2, 0) is 16.7 Å². The molecule has 1 aromatic rings. The number of nitrogens with zero attached hydrogens (tertiary/aromatic N) is 1. The number of H-pyrrole nitrogens is 1. The van der Waals surface area contributed by atoms with E-state index in [0.29, 0.717) is 5.41 Å². The average molecular weight is 265 g/mol. The van der Waals surface area contributed by atoms with Crippen molar-refractivity contribution in [3.63, 3.8) is 0 Å². The molecule has 0 spiro atoms. The van der Waals surface area contributed by atoms with E-state index in [0.717, 1.165) is 31.1 Å². The van der Waals surface area contributed by atoms with Crippen molar-refractivity contribution in [1.82, 2.24) is 15.5 Å². The van der Waals surface area contributed by atoms with E-state index in [1.54, 1.807) is 7.11 Å². The van der Waals surface area contributed by atoms with E-state index in [1.807, 2.05) is 0 Å². The maximum atomic E-state index is 5.34. The summed E-state index contributed by atoms with van der Waals surface area (Å²) in [5.41, 5.74) is 2.78. The molecule has 0 bridgehead atoms. The third kappa shape index (κ3) is 3.57. The molecule has 0 radical (unpaired) electrons. The van der Waals surface area contributed by atoms with Crippen LogP contribution in [0.2, 0.25) is 0 Å². The molecule has 1 heterocycles. The van der Waals surface area contributed by atoms with Gasteiger partial charge in [0.25, 0.3) is 0 Å². The molecule has 1 saturated carbocycles. The van der Waals surface area contributed by atoms with Gasteiger partial charge in [-0.15, -0.1) is 0 Å². The summed E-state index contributed by atoms with van der Waals surface area (Å²) in [6.07, 6.45) is 3.90. The molecule has 1 aliphatic rings. The summed E-state index contributed by atoms with van der Waals surface area (Å²) in [5.74, 6) is 0. The molecule has 0 saturated heterocycles. The molecule has 0 aromatic carbocycles. The molecular weight excluding hydrogens is 238 g/mol. The van der Waals surface area contributed by atoms with Gasteiger partial charge in [-0.1, -0.05) is 27.2 Å². The van der Waals surface area contributed by atoms with Crippen molar-refractivity contribution in [2.75, 3.05) is 20.3 Å². The standard InChI is InChI=1S/C15H27N3O/c1-14(2,3)13-8-12(17-18-13)9-16-10-15(11-19-4)6-5-7-15/h8,16H,5-7,9-11H2,1-4H3,(H,17,18). The molecule has 0 amide bonds. The Bertz CT molecular complexity index is 402. The van der Waals surface area contributed by atoms with Gasteiger partial charge in [0.15, 0.2) is 0 Å². The summed E-state index contributed by atoms with van der Waals surface area (Å²) in [6, 6.07) is 2.16. The highest BCUT2D eigenvalue weighted by Gasteiger charge is 2.36. The lowest BCUT2D eigenvalue weighted by atomic mass is 9.69. The van der Waals surface area contributed by atoms with Gasteiger partial charge in [0.05, 0.1) is 12.3 Å². The van der Waals surface area contributed by atoms with E-state index in [1.165, 1.54) is 19.3 Å². The summed E-state index contributed by atoms with van der Waals surface area (Å²) in [4.78, 5) is 0. The van der Waals surface area contributed by atoms with Crippen LogP contribution in [0.15, 0.2) is 6.07 Å². The Labute approximate surface area is 116 Å². The van der Waals surface area contributed by atoms with E-state index in [4.69, 9.17) is 4.74 Å². The normalized spacial score (nSPS) is 18.3. The molecule has 0 unspecified atom stereocenters. The van der Waals surface area contributed by atoms with Gasteiger partial charge in [-0.3, -0.25) is 5.10 Å². The SMILES string of the molecule is COCC1(CNCc2cc(C(C)(C)C)n[nH]2)CCC1. The van der Waals surface area contributed by atoms with E-state index < -0.39 is 0 Å². The largest absolute Gasteiger partial charge is 0.384 e. The Balaban J connectivity index is 1.81. The van der Waals surface area contributed by atoms with Crippen LogP contribution in [-0.4, -0.2) is 30.5 Å². The molecule has 0 aliphatic heterocycles. The molecule has 4 heteroatoms. The van der Waals surface area contributed by atoms with Crippen molar-refractivity contribution < 1.29 is 4.74 Å². The molecule has 19 heavy (non-hydrogen) atoms. The Morgan fingerprint density at radius 3 is 2.63 bits per heavy atom. The second-order valence-corrected chi connectivity index (χ2v) is 6.92. The van der Waals surface area contributed by atoms with Crippen LogP contribution in [0.25, 0.3) is 0 Å². The van der Waals surface area contributed by atoms with Gasteiger partial charge in [0.1, 0.15) is 0 Å². The fourth-order valence-corrected chi connectivity index (χ4v) is 2.65. The number of hydrogen-bond donors (Lipinski definition) is 2. The van der Waals surface area contributed by atoms with Crippen LogP contribution in [0.1, 0.15) is 51.4 Å². The summed E-state index contributed by atoms with van der Waals surface area (Å²) in [7, 11) is 1.80. The number of nitrogens with one attached hydrogen (secondary N) is 2. The highest BCUT2D eigenvalue weighted by Crippen LogP contribution is 2.40. The van der Waals surface area contributed by atoms with Crippen molar-refractivity contribution in [3.05, 3.63) is 17.5 Å². The minimum Gasteiger partial charge on any atom is -0.384 e.